The molecule has 7 nitrogen and oxygen atoms in total. The maximum absolute atomic E-state index is 12.8. The zero-order chi connectivity index (χ0) is 24.4. The standard InChI is InChI=1S/C28H32N2O5/c31-26(30-15-18(16-30)13-27(32)33)14-19-7-1-6-12-25(19)29-28(34)35-17-24-22-10-4-2-8-20(22)21-9-3-5-11-23(21)24/h2-5,8-11,18-19,24-25H,1,6-7,12-17H2,(H,29,34)(H,32,33)/t19-,25-/m1/s1. The predicted octanol–water partition coefficient (Wildman–Crippen LogP) is 4.41. The van der Waals surface area contributed by atoms with Gasteiger partial charge >= 0.3 is 12.1 Å². The van der Waals surface area contributed by atoms with E-state index in [1.165, 1.54) is 22.3 Å². The molecule has 2 aromatic rings. The highest BCUT2D eigenvalue weighted by atomic mass is 16.5. The average molecular weight is 477 g/mol. The average Bonchev–Trinajstić information content (AvgIpc) is 3.14. The van der Waals surface area contributed by atoms with Gasteiger partial charge in [0.05, 0.1) is 6.42 Å². The molecule has 1 saturated carbocycles. The van der Waals surface area contributed by atoms with Crippen LogP contribution >= 0.6 is 0 Å². The lowest BCUT2D eigenvalue weighted by Gasteiger charge is -2.40. The molecule has 1 heterocycles. The molecule has 0 unspecified atom stereocenters. The first-order chi connectivity index (χ1) is 17.0. The number of alkyl carbamates (subject to hydrolysis) is 1. The largest absolute Gasteiger partial charge is 0.481 e. The van der Waals surface area contributed by atoms with Crippen LogP contribution in [0, 0.1) is 11.8 Å². The monoisotopic (exact) mass is 476 g/mol. The fraction of sp³-hybridized carbons (Fsp3) is 0.464. The molecule has 2 aliphatic carbocycles. The van der Waals surface area contributed by atoms with E-state index in [-0.39, 0.29) is 42.7 Å². The summed E-state index contributed by atoms with van der Waals surface area (Å²) in [5.74, 6) is -0.616. The Hall–Kier alpha value is -3.35. The molecule has 0 radical (unpaired) electrons. The Morgan fingerprint density at radius 2 is 1.54 bits per heavy atom. The first-order valence-electron chi connectivity index (χ1n) is 12.6. The number of hydrogen-bond donors (Lipinski definition) is 2. The highest BCUT2D eigenvalue weighted by molar-refractivity contribution is 5.79. The van der Waals surface area contributed by atoms with Crippen LogP contribution in [0.1, 0.15) is 55.6 Å². The molecule has 2 amide bonds. The van der Waals surface area contributed by atoms with Gasteiger partial charge in [-0.1, -0.05) is 61.4 Å². The van der Waals surface area contributed by atoms with E-state index in [0.29, 0.717) is 19.5 Å². The third-order valence-corrected chi connectivity index (χ3v) is 7.77. The molecule has 7 heteroatoms. The number of likely N-dealkylation sites (tertiary alicyclic amines) is 1. The van der Waals surface area contributed by atoms with Crippen LogP contribution in [0.3, 0.4) is 0 Å². The molecule has 2 atom stereocenters. The molecule has 0 aromatic heterocycles. The van der Waals surface area contributed by atoms with Crippen molar-refractivity contribution >= 4 is 18.0 Å². The second-order valence-corrected chi connectivity index (χ2v) is 10.1. The number of carboxylic acid groups (broad SMARTS) is 1. The van der Waals surface area contributed by atoms with Crippen molar-refractivity contribution in [2.45, 2.75) is 50.5 Å². The van der Waals surface area contributed by atoms with E-state index in [0.717, 1.165) is 25.7 Å². The van der Waals surface area contributed by atoms with Gasteiger partial charge in [0, 0.05) is 37.4 Å². The fourth-order valence-electron chi connectivity index (χ4n) is 5.94. The molecule has 5 rings (SSSR count). The molecule has 0 bridgehead atoms. The predicted molar refractivity (Wildman–Crippen MR) is 131 cm³/mol. The molecule has 0 spiro atoms. The highest BCUT2D eigenvalue weighted by Crippen LogP contribution is 2.44. The van der Waals surface area contributed by atoms with Crippen molar-refractivity contribution in [2.75, 3.05) is 19.7 Å². The number of amides is 2. The Balaban J connectivity index is 1.15. The Bertz CT molecular complexity index is 1060. The van der Waals surface area contributed by atoms with Crippen LogP contribution in [-0.4, -0.2) is 53.7 Å². The van der Waals surface area contributed by atoms with Gasteiger partial charge in [0.15, 0.2) is 0 Å². The van der Waals surface area contributed by atoms with Crippen molar-refractivity contribution in [1.29, 1.82) is 0 Å². The minimum absolute atomic E-state index is 0.0158. The molecule has 1 saturated heterocycles. The zero-order valence-corrected chi connectivity index (χ0v) is 19.8. The van der Waals surface area contributed by atoms with Gasteiger partial charge < -0.3 is 20.1 Å². The quantitative estimate of drug-likeness (QED) is 0.617. The number of nitrogens with one attached hydrogen (secondary N) is 1. The topological polar surface area (TPSA) is 95.9 Å². The molecule has 2 aromatic carbocycles. The normalized spacial score (nSPS) is 21.5. The Labute approximate surface area is 205 Å². The third-order valence-electron chi connectivity index (χ3n) is 7.77. The summed E-state index contributed by atoms with van der Waals surface area (Å²) in [6, 6.07) is 16.4. The molecule has 2 N–H and O–H groups in total. The molecular weight excluding hydrogens is 444 g/mol. The van der Waals surface area contributed by atoms with Gasteiger partial charge in [-0.15, -0.1) is 0 Å². The summed E-state index contributed by atoms with van der Waals surface area (Å²) in [5.41, 5.74) is 4.75. The summed E-state index contributed by atoms with van der Waals surface area (Å²) in [6.07, 6.45) is 3.86. The molecule has 2 fully saturated rings. The summed E-state index contributed by atoms with van der Waals surface area (Å²) in [5, 5.41) is 12.0. The number of carbonyl (C=O) groups excluding carboxylic acids is 2. The Morgan fingerprint density at radius 1 is 0.914 bits per heavy atom. The Morgan fingerprint density at radius 3 is 2.20 bits per heavy atom. The van der Waals surface area contributed by atoms with Crippen molar-refractivity contribution in [3.63, 3.8) is 0 Å². The molecule has 35 heavy (non-hydrogen) atoms. The number of aliphatic carboxylic acids is 1. The van der Waals surface area contributed by atoms with E-state index in [1.807, 2.05) is 24.3 Å². The number of benzene rings is 2. The number of hydrogen-bond acceptors (Lipinski definition) is 4. The lowest BCUT2D eigenvalue weighted by molar-refractivity contribution is -0.145. The summed E-state index contributed by atoms with van der Waals surface area (Å²) in [6.45, 7) is 1.31. The molecule has 1 aliphatic heterocycles. The van der Waals surface area contributed by atoms with Gasteiger partial charge in [0.25, 0.3) is 0 Å². The van der Waals surface area contributed by atoms with E-state index in [4.69, 9.17) is 9.84 Å². The second-order valence-electron chi connectivity index (χ2n) is 10.1. The molecule has 3 aliphatic rings. The van der Waals surface area contributed by atoms with Gasteiger partial charge in [0.1, 0.15) is 6.61 Å². The lowest BCUT2D eigenvalue weighted by Crippen LogP contribution is -2.52. The van der Waals surface area contributed by atoms with Crippen LogP contribution in [0.2, 0.25) is 0 Å². The summed E-state index contributed by atoms with van der Waals surface area (Å²) >= 11 is 0. The van der Waals surface area contributed by atoms with Crippen molar-refractivity contribution in [2.24, 2.45) is 11.8 Å². The van der Waals surface area contributed by atoms with E-state index in [1.54, 1.807) is 4.90 Å². The third kappa shape index (κ3) is 5.04. The molecular formula is C28H32N2O5. The number of fused-ring (bicyclic) bond motifs is 3. The SMILES string of the molecule is O=C(O)CC1CN(C(=O)C[C@H]2CCCC[C@H]2NC(=O)OCC2c3ccccc3-c3ccccc32)C1. The van der Waals surface area contributed by atoms with Crippen molar-refractivity contribution in [3.8, 4) is 11.1 Å². The van der Waals surface area contributed by atoms with E-state index >= 15 is 0 Å². The van der Waals surface area contributed by atoms with E-state index in [2.05, 4.69) is 29.6 Å². The summed E-state index contributed by atoms with van der Waals surface area (Å²) in [7, 11) is 0. The maximum atomic E-state index is 12.8. The van der Waals surface area contributed by atoms with Crippen LogP contribution in [0.25, 0.3) is 11.1 Å². The number of nitrogens with zero attached hydrogens (tertiary/aromatic N) is 1. The highest BCUT2D eigenvalue weighted by Gasteiger charge is 2.36. The summed E-state index contributed by atoms with van der Waals surface area (Å²) < 4.78 is 5.73. The van der Waals surface area contributed by atoms with Crippen molar-refractivity contribution in [1.82, 2.24) is 10.2 Å². The van der Waals surface area contributed by atoms with Gasteiger partial charge in [0.2, 0.25) is 5.91 Å². The van der Waals surface area contributed by atoms with E-state index in [9.17, 15) is 14.4 Å². The van der Waals surface area contributed by atoms with Crippen molar-refractivity contribution in [3.05, 3.63) is 59.7 Å². The Kier molecular flexibility index (Phi) is 6.75. The number of rotatable bonds is 7. The zero-order valence-electron chi connectivity index (χ0n) is 19.8. The van der Waals surface area contributed by atoms with Gasteiger partial charge in [-0.2, -0.15) is 0 Å². The minimum Gasteiger partial charge on any atom is -0.481 e. The lowest BCUT2D eigenvalue weighted by atomic mass is 9.81. The van der Waals surface area contributed by atoms with E-state index < -0.39 is 12.1 Å². The minimum atomic E-state index is -0.818. The summed E-state index contributed by atoms with van der Waals surface area (Å²) in [4.78, 5) is 38.1. The van der Waals surface area contributed by atoms with Gasteiger partial charge in [-0.3, -0.25) is 9.59 Å². The number of carbonyl (C=O) groups is 3. The first-order valence-corrected chi connectivity index (χ1v) is 12.6. The van der Waals surface area contributed by atoms with Crippen LogP contribution < -0.4 is 5.32 Å². The smallest absolute Gasteiger partial charge is 0.407 e. The van der Waals surface area contributed by atoms with Crippen LogP contribution in [0.15, 0.2) is 48.5 Å². The van der Waals surface area contributed by atoms with Gasteiger partial charge in [-0.25, -0.2) is 4.79 Å². The second kappa shape index (κ2) is 10.1. The van der Waals surface area contributed by atoms with Crippen LogP contribution in [0.4, 0.5) is 4.79 Å². The van der Waals surface area contributed by atoms with Crippen LogP contribution in [0.5, 0.6) is 0 Å². The fourth-order valence-corrected chi connectivity index (χ4v) is 5.94. The first kappa shape index (κ1) is 23.4. The maximum Gasteiger partial charge on any atom is 0.407 e. The number of ether oxygens (including phenoxy) is 1. The van der Waals surface area contributed by atoms with Crippen LogP contribution in [-0.2, 0) is 14.3 Å². The molecule has 184 valence electrons. The number of carboxylic acids is 1. The van der Waals surface area contributed by atoms with Gasteiger partial charge in [-0.05, 0) is 41.0 Å². The van der Waals surface area contributed by atoms with Crippen molar-refractivity contribution < 1.29 is 24.2 Å².